The molecule has 0 heterocycles. The van der Waals surface area contributed by atoms with Gasteiger partial charge in [-0.05, 0) is 65.0 Å². The zero-order chi connectivity index (χ0) is 30.3. The Labute approximate surface area is 241 Å². The van der Waals surface area contributed by atoms with Crippen LogP contribution in [0.5, 0.6) is 0 Å². The maximum Gasteiger partial charge on any atom is 0.408 e. The van der Waals surface area contributed by atoms with Crippen molar-refractivity contribution in [1.82, 2.24) is 15.5 Å². The Morgan fingerprint density at radius 2 is 1.62 bits per heavy atom. The average Bonchev–Trinajstić information content (AvgIpc) is 2.85. The van der Waals surface area contributed by atoms with Crippen molar-refractivity contribution in [3.05, 3.63) is 34.9 Å². The molecule has 0 aliphatic carbocycles. The van der Waals surface area contributed by atoms with Crippen LogP contribution in [-0.2, 0) is 19.1 Å². The maximum atomic E-state index is 14.2. The standard InChI is InChI=1S/C31H52N4O5/c1-8-10-12-13-14-20-35(29(38)25(17-18-26(32)36)34-30(39)40-31(5,6)7)27(28(37)33-19-11-9-2)24-16-15-22(3)21-23(24)4/h15-16,21,25,27H,8-14,17-20H2,1-7H3,(H2,32,36)(H,33,37)(H,34,39). The van der Waals surface area contributed by atoms with E-state index < -0.39 is 35.6 Å². The van der Waals surface area contributed by atoms with Gasteiger partial charge in [-0.25, -0.2) is 4.79 Å². The van der Waals surface area contributed by atoms with E-state index in [1.54, 1.807) is 25.7 Å². The summed E-state index contributed by atoms with van der Waals surface area (Å²) >= 11 is 0. The molecule has 1 aromatic carbocycles. The summed E-state index contributed by atoms with van der Waals surface area (Å²) in [6.07, 6.45) is 5.66. The molecule has 1 aromatic rings. The fourth-order valence-electron chi connectivity index (χ4n) is 4.51. The zero-order valence-electron chi connectivity index (χ0n) is 25.7. The number of unbranched alkanes of at least 4 members (excludes halogenated alkanes) is 5. The van der Waals surface area contributed by atoms with E-state index in [0.29, 0.717) is 19.5 Å². The molecule has 0 radical (unpaired) electrons. The van der Waals surface area contributed by atoms with Crippen molar-refractivity contribution < 1.29 is 23.9 Å². The van der Waals surface area contributed by atoms with Crippen molar-refractivity contribution in [3.8, 4) is 0 Å². The molecule has 4 N–H and O–H groups in total. The minimum absolute atomic E-state index is 0.00318. The van der Waals surface area contributed by atoms with E-state index in [1.807, 2.05) is 39.0 Å². The van der Waals surface area contributed by atoms with Gasteiger partial charge in [-0.15, -0.1) is 0 Å². The topological polar surface area (TPSA) is 131 Å². The van der Waals surface area contributed by atoms with Crippen molar-refractivity contribution in [1.29, 1.82) is 0 Å². The number of nitrogens with two attached hydrogens (primary N) is 1. The van der Waals surface area contributed by atoms with Crippen molar-refractivity contribution in [2.45, 2.75) is 124 Å². The molecule has 226 valence electrons. The Morgan fingerprint density at radius 3 is 2.20 bits per heavy atom. The average molecular weight is 561 g/mol. The summed E-state index contributed by atoms with van der Waals surface area (Å²) < 4.78 is 5.40. The molecule has 9 nitrogen and oxygen atoms in total. The third-order valence-electron chi connectivity index (χ3n) is 6.56. The maximum absolute atomic E-state index is 14.2. The lowest BCUT2D eigenvalue weighted by molar-refractivity contribution is -0.142. The Balaban J connectivity index is 3.52. The summed E-state index contributed by atoms with van der Waals surface area (Å²) in [4.78, 5) is 53.9. The summed E-state index contributed by atoms with van der Waals surface area (Å²) in [5, 5.41) is 5.66. The van der Waals surface area contributed by atoms with Crippen LogP contribution in [-0.4, -0.2) is 53.4 Å². The van der Waals surface area contributed by atoms with Gasteiger partial charge < -0.3 is 26.0 Å². The first-order valence-corrected chi connectivity index (χ1v) is 14.7. The Bertz CT molecular complexity index is 973. The van der Waals surface area contributed by atoms with Crippen LogP contribution in [0.25, 0.3) is 0 Å². The lowest BCUT2D eigenvalue weighted by atomic mass is 9.95. The van der Waals surface area contributed by atoms with Gasteiger partial charge in [0.05, 0.1) is 0 Å². The van der Waals surface area contributed by atoms with Gasteiger partial charge in [0.2, 0.25) is 17.7 Å². The first kappa shape index (κ1) is 34.9. The molecular formula is C31H52N4O5. The molecule has 0 aliphatic heterocycles. The number of rotatable bonds is 17. The minimum Gasteiger partial charge on any atom is -0.444 e. The second kappa shape index (κ2) is 17.6. The van der Waals surface area contributed by atoms with Gasteiger partial charge in [-0.3, -0.25) is 14.4 Å². The summed E-state index contributed by atoms with van der Waals surface area (Å²) in [6.45, 7) is 14.1. The van der Waals surface area contributed by atoms with Crippen molar-refractivity contribution in [2.75, 3.05) is 13.1 Å². The number of nitrogens with one attached hydrogen (secondary N) is 2. The predicted molar refractivity (Wildman–Crippen MR) is 159 cm³/mol. The van der Waals surface area contributed by atoms with E-state index in [-0.39, 0.29) is 18.7 Å². The summed E-state index contributed by atoms with van der Waals surface area (Å²) in [5.41, 5.74) is 7.31. The lowest BCUT2D eigenvalue weighted by Crippen LogP contribution is -2.53. The number of alkyl carbamates (subject to hydrolysis) is 1. The number of carbonyl (C=O) groups is 4. The summed E-state index contributed by atoms with van der Waals surface area (Å²) in [6, 6.07) is 3.84. The molecular weight excluding hydrogens is 508 g/mol. The van der Waals surface area contributed by atoms with Crippen LogP contribution in [0.4, 0.5) is 4.79 Å². The number of benzene rings is 1. The molecule has 4 amide bonds. The molecule has 0 bridgehead atoms. The predicted octanol–water partition coefficient (Wildman–Crippen LogP) is 5.22. The molecule has 2 atom stereocenters. The van der Waals surface area contributed by atoms with Crippen LogP contribution < -0.4 is 16.4 Å². The number of aryl methyl sites for hydroxylation is 2. The van der Waals surface area contributed by atoms with Crippen LogP contribution in [0.15, 0.2) is 18.2 Å². The minimum atomic E-state index is -1.09. The lowest BCUT2D eigenvalue weighted by Gasteiger charge is -2.35. The summed E-state index contributed by atoms with van der Waals surface area (Å²) in [5.74, 6) is -1.30. The second-order valence-corrected chi connectivity index (χ2v) is 11.6. The molecule has 0 saturated carbocycles. The zero-order valence-corrected chi connectivity index (χ0v) is 25.7. The fourth-order valence-corrected chi connectivity index (χ4v) is 4.51. The SMILES string of the molecule is CCCCCCCN(C(=O)C(CCC(N)=O)NC(=O)OC(C)(C)C)C(C(=O)NCCCC)c1ccc(C)cc1C. The molecule has 0 fully saturated rings. The van der Waals surface area contributed by atoms with E-state index in [2.05, 4.69) is 17.6 Å². The van der Waals surface area contributed by atoms with Gasteiger partial charge >= 0.3 is 6.09 Å². The molecule has 1 rings (SSSR count). The molecule has 0 aromatic heterocycles. The number of amides is 4. The first-order chi connectivity index (χ1) is 18.8. The van der Waals surface area contributed by atoms with Crippen LogP contribution in [0.3, 0.4) is 0 Å². The number of primary amides is 1. The quantitative estimate of drug-likeness (QED) is 0.225. The van der Waals surface area contributed by atoms with Gasteiger partial charge in [0.1, 0.15) is 17.7 Å². The first-order valence-electron chi connectivity index (χ1n) is 14.7. The molecule has 9 heteroatoms. The highest BCUT2D eigenvalue weighted by Gasteiger charge is 2.36. The number of carbonyl (C=O) groups excluding carboxylic acids is 4. The molecule has 0 saturated heterocycles. The fraction of sp³-hybridized carbons (Fsp3) is 0.677. The smallest absolute Gasteiger partial charge is 0.408 e. The van der Waals surface area contributed by atoms with E-state index in [9.17, 15) is 19.2 Å². The Kier molecular flexibility index (Phi) is 15.3. The number of hydrogen-bond acceptors (Lipinski definition) is 5. The molecule has 0 spiro atoms. The van der Waals surface area contributed by atoms with Gasteiger partial charge in [0.15, 0.2) is 0 Å². The highest BCUT2D eigenvalue weighted by molar-refractivity contribution is 5.92. The van der Waals surface area contributed by atoms with Gasteiger partial charge in [-0.2, -0.15) is 0 Å². The van der Waals surface area contributed by atoms with Gasteiger partial charge in [0.25, 0.3) is 0 Å². The molecule has 40 heavy (non-hydrogen) atoms. The van der Waals surface area contributed by atoms with Crippen molar-refractivity contribution in [3.63, 3.8) is 0 Å². The monoisotopic (exact) mass is 560 g/mol. The highest BCUT2D eigenvalue weighted by Crippen LogP contribution is 2.28. The Morgan fingerprint density at radius 1 is 0.975 bits per heavy atom. The number of hydrogen-bond donors (Lipinski definition) is 3. The van der Waals surface area contributed by atoms with Crippen molar-refractivity contribution in [2.24, 2.45) is 5.73 Å². The largest absolute Gasteiger partial charge is 0.444 e. The van der Waals surface area contributed by atoms with E-state index in [4.69, 9.17) is 10.5 Å². The van der Waals surface area contributed by atoms with Crippen LogP contribution in [0, 0.1) is 13.8 Å². The van der Waals surface area contributed by atoms with Gasteiger partial charge in [0, 0.05) is 19.5 Å². The van der Waals surface area contributed by atoms with Crippen molar-refractivity contribution >= 4 is 23.8 Å². The summed E-state index contributed by atoms with van der Waals surface area (Å²) in [7, 11) is 0. The van der Waals surface area contributed by atoms with E-state index in [0.717, 1.165) is 55.2 Å². The normalized spacial score (nSPS) is 12.8. The molecule has 0 aliphatic rings. The Hall–Kier alpha value is -3.10. The van der Waals surface area contributed by atoms with E-state index in [1.165, 1.54) is 0 Å². The molecule has 2 unspecified atom stereocenters. The van der Waals surface area contributed by atoms with E-state index >= 15 is 0 Å². The third-order valence-corrected chi connectivity index (χ3v) is 6.56. The number of ether oxygens (including phenoxy) is 1. The van der Waals surface area contributed by atoms with Gasteiger partial charge in [-0.1, -0.05) is 69.7 Å². The van der Waals surface area contributed by atoms with Crippen LogP contribution >= 0.6 is 0 Å². The van der Waals surface area contributed by atoms with Crippen LogP contribution in [0.1, 0.15) is 115 Å². The third kappa shape index (κ3) is 12.8. The number of nitrogens with zero attached hydrogens (tertiary/aromatic N) is 1. The second-order valence-electron chi connectivity index (χ2n) is 11.6. The van der Waals surface area contributed by atoms with Crippen LogP contribution in [0.2, 0.25) is 0 Å². The highest BCUT2D eigenvalue weighted by atomic mass is 16.6.